The number of thioether (sulfide) groups is 1. The fourth-order valence-electron chi connectivity index (χ4n) is 3.97. The number of carbonyl (C=O) groups excluding carboxylic acids is 1. The standard InChI is InChI=1S/C23H27NO5S2/c1-3-28-20-11-16-10-15(2)29-21(16)12-17(20)13-24-23(25)19-6-4-5-7-22(19)30-18-8-9-31(26,27)14-18/h4-7,11-12,15,18H,3,8-10,13-14H2,1-2H3,(H,24,25)/t15-,18+/m0/s1. The van der Waals surface area contributed by atoms with Crippen molar-refractivity contribution < 1.29 is 22.7 Å². The lowest BCUT2D eigenvalue weighted by Crippen LogP contribution is -2.24. The zero-order valence-electron chi connectivity index (χ0n) is 17.7. The third-order valence-corrected chi connectivity index (χ3v) is 8.76. The molecule has 1 N–H and O–H groups in total. The number of rotatable bonds is 7. The fraction of sp³-hybridized carbons (Fsp3) is 0.435. The van der Waals surface area contributed by atoms with Crippen LogP contribution in [0.25, 0.3) is 0 Å². The Morgan fingerprint density at radius 1 is 1.29 bits per heavy atom. The number of hydrogen-bond donors (Lipinski definition) is 1. The zero-order chi connectivity index (χ0) is 22.0. The Kier molecular flexibility index (Phi) is 6.48. The van der Waals surface area contributed by atoms with Gasteiger partial charge in [0.15, 0.2) is 9.84 Å². The molecule has 2 heterocycles. The van der Waals surface area contributed by atoms with Crippen LogP contribution in [0.1, 0.15) is 41.8 Å². The smallest absolute Gasteiger partial charge is 0.252 e. The summed E-state index contributed by atoms with van der Waals surface area (Å²) in [7, 11) is -2.96. The third kappa shape index (κ3) is 5.18. The van der Waals surface area contributed by atoms with Gasteiger partial charge in [-0.15, -0.1) is 11.8 Å². The molecule has 0 saturated carbocycles. The highest BCUT2D eigenvalue weighted by atomic mass is 32.2. The minimum Gasteiger partial charge on any atom is -0.494 e. The molecule has 8 heteroatoms. The second-order valence-corrected chi connectivity index (χ2v) is 11.5. The zero-order valence-corrected chi connectivity index (χ0v) is 19.4. The molecule has 6 nitrogen and oxygen atoms in total. The van der Waals surface area contributed by atoms with Crippen LogP contribution in [0.5, 0.6) is 11.5 Å². The monoisotopic (exact) mass is 461 g/mol. The van der Waals surface area contributed by atoms with Crippen LogP contribution < -0.4 is 14.8 Å². The van der Waals surface area contributed by atoms with E-state index in [1.165, 1.54) is 11.8 Å². The molecule has 0 aromatic heterocycles. The van der Waals surface area contributed by atoms with E-state index in [-0.39, 0.29) is 28.8 Å². The fourth-order valence-corrected chi connectivity index (χ4v) is 7.60. The number of benzene rings is 2. The lowest BCUT2D eigenvalue weighted by molar-refractivity contribution is 0.0947. The Labute approximate surface area is 187 Å². The molecule has 0 unspecified atom stereocenters. The van der Waals surface area contributed by atoms with Crippen molar-refractivity contribution in [3.8, 4) is 11.5 Å². The Morgan fingerprint density at radius 2 is 2.10 bits per heavy atom. The van der Waals surface area contributed by atoms with Gasteiger partial charge in [0, 0.05) is 34.2 Å². The molecule has 0 radical (unpaired) electrons. The lowest BCUT2D eigenvalue weighted by Gasteiger charge is -2.15. The molecule has 2 aromatic carbocycles. The summed E-state index contributed by atoms with van der Waals surface area (Å²) >= 11 is 1.47. The molecule has 2 atom stereocenters. The number of hydrogen-bond acceptors (Lipinski definition) is 6. The van der Waals surface area contributed by atoms with E-state index in [9.17, 15) is 13.2 Å². The third-order valence-electron chi connectivity index (χ3n) is 5.43. The molecule has 166 valence electrons. The van der Waals surface area contributed by atoms with Crippen molar-refractivity contribution in [3.63, 3.8) is 0 Å². The minimum atomic E-state index is -2.96. The molecule has 31 heavy (non-hydrogen) atoms. The van der Waals surface area contributed by atoms with Crippen LogP contribution in [-0.2, 0) is 22.8 Å². The minimum absolute atomic E-state index is 0.0145. The first-order valence-corrected chi connectivity index (χ1v) is 13.2. The van der Waals surface area contributed by atoms with Gasteiger partial charge >= 0.3 is 0 Å². The maximum atomic E-state index is 13.0. The van der Waals surface area contributed by atoms with Gasteiger partial charge in [0.2, 0.25) is 0 Å². The van der Waals surface area contributed by atoms with Gasteiger partial charge in [-0.1, -0.05) is 12.1 Å². The van der Waals surface area contributed by atoms with E-state index in [2.05, 4.69) is 5.32 Å². The van der Waals surface area contributed by atoms with E-state index in [1.807, 2.05) is 44.2 Å². The highest BCUT2D eigenvalue weighted by molar-refractivity contribution is 8.02. The summed E-state index contributed by atoms with van der Waals surface area (Å²) < 4.78 is 35.2. The molecule has 1 amide bonds. The van der Waals surface area contributed by atoms with Gasteiger partial charge in [0.1, 0.15) is 17.6 Å². The number of sulfone groups is 1. The van der Waals surface area contributed by atoms with Crippen molar-refractivity contribution in [2.24, 2.45) is 0 Å². The molecule has 0 spiro atoms. The first-order valence-electron chi connectivity index (χ1n) is 10.5. The normalized spacial score (nSPS) is 21.4. The van der Waals surface area contributed by atoms with Gasteiger partial charge in [-0.05, 0) is 44.5 Å². The van der Waals surface area contributed by atoms with E-state index >= 15 is 0 Å². The van der Waals surface area contributed by atoms with Gasteiger partial charge in [-0.25, -0.2) is 8.42 Å². The van der Waals surface area contributed by atoms with Crippen molar-refractivity contribution >= 4 is 27.5 Å². The van der Waals surface area contributed by atoms with Gasteiger partial charge in [0.25, 0.3) is 5.91 Å². The second kappa shape index (κ2) is 9.12. The second-order valence-electron chi connectivity index (χ2n) is 7.95. The van der Waals surface area contributed by atoms with Gasteiger partial charge in [0.05, 0.1) is 23.7 Å². The molecular weight excluding hydrogens is 434 g/mol. The van der Waals surface area contributed by atoms with Crippen molar-refractivity contribution in [1.82, 2.24) is 5.32 Å². The summed E-state index contributed by atoms with van der Waals surface area (Å²) in [6.45, 7) is 4.83. The van der Waals surface area contributed by atoms with Crippen LogP contribution in [0, 0.1) is 0 Å². The predicted octanol–water partition coefficient (Wildman–Crippen LogP) is 3.62. The van der Waals surface area contributed by atoms with E-state index in [0.717, 1.165) is 33.9 Å². The van der Waals surface area contributed by atoms with Crippen LogP contribution in [0.2, 0.25) is 0 Å². The van der Waals surface area contributed by atoms with Crippen molar-refractivity contribution in [2.45, 2.75) is 49.5 Å². The molecule has 2 aromatic rings. The number of carbonyl (C=O) groups is 1. The Bertz CT molecular complexity index is 1080. The molecule has 1 fully saturated rings. The maximum absolute atomic E-state index is 13.0. The van der Waals surface area contributed by atoms with Gasteiger partial charge in [-0.3, -0.25) is 4.79 Å². The number of fused-ring (bicyclic) bond motifs is 1. The summed E-state index contributed by atoms with van der Waals surface area (Å²) in [4.78, 5) is 13.8. The van der Waals surface area contributed by atoms with Crippen molar-refractivity contribution in [3.05, 3.63) is 53.1 Å². The van der Waals surface area contributed by atoms with E-state index in [1.54, 1.807) is 6.07 Å². The average molecular weight is 462 g/mol. The summed E-state index contributed by atoms with van der Waals surface area (Å²) in [6.07, 6.45) is 1.61. The van der Waals surface area contributed by atoms with Crippen molar-refractivity contribution in [2.75, 3.05) is 18.1 Å². The van der Waals surface area contributed by atoms with Crippen LogP contribution in [-0.4, -0.2) is 43.8 Å². The largest absolute Gasteiger partial charge is 0.494 e. The number of amides is 1. The van der Waals surface area contributed by atoms with E-state index in [0.29, 0.717) is 25.1 Å². The first-order chi connectivity index (χ1) is 14.8. The average Bonchev–Trinajstić information content (AvgIpc) is 3.26. The van der Waals surface area contributed by atoms with E-state index < -0.39 is 9.84 Å². The van der Waals surface area contributed by atoms with Gasteiger partial charge in [-0.2, -0.15) is 0 Å². The van der Waals surface area contributed by atoms with Crippen LogP contribution in [0.15, 0.2) is 41.3 Å². The molecular formula is C23H27NO5S2. The molecule has 0 aliphatic carbocycles. The first kappa shape index (κ1) is 22.0. The summed E-state index contributed by atoms with van der Waals surface area (Å²) in [5, 5.41) is 2.98. The molecule has 2 aliphatic rings. The highest BCUT2D eigenvalue weighted by Gasteiger charge is 2.29. The highest BCUT2D eigenvalue weighted by Crippen LogP contribution is 2.36. The number of ether oxygens (including phenoxy) is 2. The Balaban J connectivity index is 1.48. The van der Waals surface area contributed by atoms with Crippen LogP contribution in [0.3, 0.4) is 0 Å². The van der Waals surface area contributed by atoms with Crippen molar-refractivity contribution in [1.29, 1.82) is 0 Å². The predicted molar refractivity (Wildman–Crippen MR) is 122 cm³/mol. The Morgan fingerprint density at radius 3 is 2.84 bits per heavy atom. The SMILES string of the molecule is CCOc1cc2c(cc1CNC(=O)c1ccccc1S[C@@H]1CCS(=O)(=O)C1)O[C@@H](C)C2. The number of nitrogens with one attached hydrogen (secondary N) is 1. The Hall–Kier alpha value is -2.19. The van der Waals surface area contributed by atoms with Gasteiger partial charge < -0.3 is 14.8 Å². The quantitative estimate of drug-likeness (QED) is 0.678. The maximum Gasteiger partial charge on any atom is 0.252 e. The lowest BCUT2D eigenvalue weighted by atomic mass is 10.1. The summed E-state index contributed by atoms with van der Waals surface area (Å²) in [5.74, 6) is 1.80. The summed E-state index contributed by atoms with van der Waals surface area (Å²) in [6, 6.07) is 11.3. The van der Waals surface area contributed by atoms with Crippen LogP contribution in [0.4, 0.5) is 0 Å². The van der Waals surface area contributed by atoms with E-state index in [4.69, 9.17) is 9.47 Å². The molecule has 0 bridgehead atoms. The molecule has 1 saturated heterocycles. The topological polar surface area (TPSA) is 81.7 Å². The molecule has 4 rings (SSSR count). The molecule has 2 aliphatic heterocycles. The van der Waals surface area contributed by atoms with Crippen LogP contribution >= 0.6 is 11.8 Å². The summed E-state index contributed by atoms with van der Waals surface area (Å²) in [5.41, 5.74) is 2.55.